The summed E-state index contributed by atoms with van der Waals surface area (Å²) in [5, 5.41) is 3.02. The third-order valence-corrected chi connectivity index (χ3v) is 5.81. The summed E-state index contributed by atoms with van der Waals surface area (Å²) >= 11 is 1.65. The van der Waals surface area contributed by atoms with Crippen molar-refractivity contribution in [1.82, 2.24) is 10.2 Å². The van der Waals surface area contributed by atoms with Gasteiger partial charge in [-0.05, 0) is 29.4 Å². The van der Waals surface area contributed by atoms with Crippen molar-refractivity contribution in [3.63, 3.8) is 0 Å². The molecule has 0 spiro atoms. The first-order valence-electron chi connectivity index (χ1n) is 8.65. The van der Waals surface area contributed by atoms with Gasteiger partial charge in [-0.3, -0.25) is 9.59 Å². The maximum absolute atomic E-state index is 12.2. The van der Waals surface area contributed by atoms with E-state index in [0.29, 0.717) is 24.8 Å². The van der Waals surface area contributed by atoms with Crippen LogP contribution in [-0.4, -0.2) is 35.1 Å². The van der Waals surface area contributed by atoms with Crippen molar-refractivity contribution in [3.05, 3.63) is 35.4 Å². The van der Waals surface area contributed by atoms with Gasteiger partial charge in [-0.25, -0.2) is 0 Å². The van der Waals surface area contributed by atoms with Crippen molar-refractivity contribution in [3.8, 4) is 0 Å². The van der Waals surface area contributed by atoms with Gasteiger partial charge in [-0.2, -0.15) is 0 Å². The van der Waals surface area contributed by atoms with Crippen molar-refractivity contribution in [2.24, 2.45) is 0 Å². The number of amides is 2. The molecule has 24 heavy (non-hydrogen) atoms. The fourth-order valence-electron chi connectivity index (χ4n) is 2.87. The van der Waals surface area contributed by atoms with Crippen LogP contribution in [0.5, 0.6) is 0 Å². The molecule has 1 N–H and O–H groups in total. The predicted octanol–water partition coefficient (Wildman–Crippen LogP) is 3.23. The molecule has 1 saturated heterocycles. The number of hydrogen-bond donors (Lipinski definition) is 1. The van der Waals surface area contributed by atoms with E-state index in [2.05, 4.69) is 50.4 Å². The molecule has 1 aromatic carbocycles. The Kier molecular flexibility index (Phi) is 4.90. The van der Waals surface area contributed by atoms with Crippen LogP contribution in [0.3, 0.4) is 0 Å². The van der Waals surface area contributed by atoms with Crippen LogP contribution in [0.1, 0.15) is 56.5 Å². The number of carbonyl (C=O) groups excluding carboxylic acids is 2. The molecule has 1 heterocycles. The SMILES string of the molecule is CC(C)(C)c1ccc([C@H]2SCC(=O)N2CCC(=O)NC2CC2)cc1. The number of rotatable bonds is 5. The summed E-state index contributed by atoms with van der Waals surface area (Å²) in [6.45, 7) is 7.08. The molecule has 2 fully saturated rings. The monoisotopic (exact) mass is 346 g/mol. The van der Waals surface area contributed by atoms with Gasteiger partial charge in [0.05, 0.1) is 5.75 Å². The lowest BCUT2D eigenvalue weighted by Gasteiger charge is -2.25. The second-order valence-electron chi connectivity index (χ2n) is 7.71. The minimum absolute atomic E-state index is 0.0280. The molecule has 0 unspecified atom stereocenters. The van der Waals surface area contributed by atoms with E-state index < -0.39 is 0 Å². The van der Waals surface area contributed by atoms with Gasteiger partial charge >= 0.3 is 0 Å². The van der Waals surface area contributed by atoms with Crippen LogP contribution >= 0.6 is 11.8 Å². The molecule has 1 aliphatic carbocycles. The van der Waals surface area contributed by atoms with Gasteiger partial charge in [-0.1, -0.05) is 45.0 Å². The molecule has 0 bridgehead atoms. The summed E-state index contributed by atoms with van der Waals surface area (Å²) in [4.78, 5) is 26.0. The van der Waals surface area contributed by atoms with Gasteiger partial charge in [0, 0.05) is 19.0 Å². The van der Waals surface area contributed by atoms with E-state index in [4.69, 9.17) is 0 Å². The molecule has 5 heteroatoms. The van der Waals surface area contributed by atoms with Gasteiger partial charge in [0.15, 0.2) is 0 Å². The molecule has 4 nitrogen and oxygen atoms in total. The van der Waals surface area contributed by atoms with Crippen LogP contribution in [-0.2, 0) is 15.0 Å². The zero-order valence-electron chi connectivity index (χ0n) is 14.7. The zero-order chi connectivity index (χ0) is 17.3. The quantitative estimate of drug-likeness (QED) is 0.890. The average molecular weight is 346 g/mol. The van der Waals surface area contributed by atoms with E-state index in [9.17, 15) is 9.59 Å². The van der Waals surface area contributed by atoms with Crippen molar-refractivity contribution < 1.29 is 9.59 Å². The van der Waals surface area contributed by atoms with Crippen molar-refractivity contribution in [1.29, 1.82) is 0 Å². The Labute approximate surface area is 148 Å². The lowest BCUT2D eigenvalue weighted by molar-refractivity contribution is -0.129. The zero-order valence-corrected chi connectivity index (χ0v) is 15.5. The fraction of sp³-hybridized carbons (Fsp3) is 0.579. The number of hydrogen-bond acceptors (Lipinski definition) is 3. The molecule has 1 atom stereocenters. The van der Waals surface area contributed by atoms with Crippen LogP contribution < -0.4 is 5.32 Å². The second kappa shape index (κ2) is 6.79. The number of carbonyl (C=O) groups is 2. The predicted molar refractivity (Wildman–Crippen MR) is 97.8 cm³/mol. The Hall–Kier alpha value is -1.49. The lowest BCUT2D eigenvalue weighted by Crippen LogP contribution is -2.34. The molecule has 2 amide bonds. The van der Waals surface area contributed by atoms with Gasteiger partial charge in [0.25, 0.3) is 0 Å². The van der Waals surface area contributed by atoms with E-state index in [1.807, 2.05) is 4.90 Å². The van der Waals surface area contributed by atoms with Crippen LogP contribution in [0, 0.1) is 0 Å². The summed E-state index contributed by atoms with van der Waals surface area (Å²) < 4.78 is 0. The molecule has 1 aliphatic heterocycles. The van der Waals surface area contributed by atoms with Gasteiger partial charge in [0.2, 0.25) is 11.8 Å². The van der Waals surface area contributed by atoms with Gasteiger partial charge in [0.1, 0.15) is 5.37 Å². The molecule has 0 aromatic heterocycles. The fourth-order valence-corrected chi connectivity index (χ4v) is 4.09. The first-order chi connectivity index (χ1) is 11.3. The molecular weight excluding hydrogens is 320 g/mol. The van der Waals surface area contributed by atoms with E-state index in [1.54, 1.807) is 11.8 Å². The Bertz CT molecular complexity index is 617. The summed E-state index contributed by atoms with van der Waals surface area (Å²) in [5.74, 6) is 0.684. The molecule has 2 aliphatic rings. The van der Waals surface area contributed by atoms with Crippen molar-refractivity contribution in [2.75, 3.05) is 12.3 Å². The Morgan fingerprint density at radius 3 is 2.50 bits per heavy atom. The number of benzene rings is 1. The Balaban J connectivity index is 1.64. The minimum atomic E-state index is 0.0280. The number of nitrogens with one attached hydrogen (secondary N) is 1. The van der Waals surface area contributed by atoms with Crippen LogP contribution in [0.15, 0.2) is 24.3 Å². The summed E-state index contributed by atoms with van der Waals surface area (Å²) in [6, 6.07) is 8.91. The number of nitrogens with zero attached hydrogens (tertiary/aromatic N) is 1. The van der Waals surface area contributed by atoms with Gasteiger partial charge in [-0.15, -0.1) is 11.8 Å². The second-order valence-corrected chi connectivity index (χ2v) is 8.78. The maximum atomic E-state index is 12.2. The highest BCUT2D eigenvalue weighted by Gasteiger charge is 2.33. The van der Waals surface area contributed by atoms with Crippen LogP contribution in [0.25, 0.3) is 0 Å². The van der Waals surface area contributed by atoms with Crippen LogP contribution in [0.4, 0.5) is 0 Å². The first-order valence-corrected chi connectivity index (χ1v) is 9.70. The first kappa shape index (κ1) is 17.3. The highest BCUT2D eigenvalue weighted by atomic mass is 32.2. The minimum Gasteiger partial charge on any atom is -0.353 e. The summed E-state index contributed by atoms with van der Waals surface area (Å²) in [5.41, 5.74) is 2.55. The topological polar surface area (TPSA) is 49.4 Å². The summed E-state index contributed by atoms with van der Waals surface area (Å²) in [7, 11) is 0. The third-order valence-electron chi connectivity index (χ3n) is 4.55. The molecule has 1 aromatic rings. The van der Waals surface area contributed by atoms with Crippen molar-refractivity contribution in [2.45, 2.75) is 56.9 Å². The van der Waals surface area contributed by atoms with E-state index >= 15 is 0 Å². The smallest absolute Gasteiger partial charge is 0.233 e. The van der Waals surface area contributed by atoms with E-state index in [0.717, 1.165) is 18.4 Å². The van der Waals surface area contributed by atoms with Crippen molar-refractivity contribution >= 4 is 23.6 Å². The van der Waals surface area contributed by atoms with Crippen LogP contribution in [0.2, 0.25) is 0 Å². The van der Waals surface area contributed by atoms with E-state index in [-0.39, 0.29) is 22.6 Å². The third kappa shape index (κ3) is 4.12. The molecular formula is C19H26N2O2S. The molecule has 130 valence electrons. The van der Waals surface area contributed by atoms with E-state index in [1.165, 1.54) is 5.56 Å². The Morgan fingerprint density at radius 1 is 1.25 bits per heavy atom. The Morgan fingerprint density at radius 2 is 1.92 bits per heavy atom. The highest BCUT2D eigenvalue weighted by molar-refractivity contribution is 8.00. The number of thioether (sulfide) groups is 1. The standard InChI is InChI=1S/C19H26N2O2S/c1-19(2,3)14-6-4-13(5-7-14)18-21(17(23)12-24-18)11-10-16(22)20-15-8-9-15/h4-7,15,18H,8-12H2,1-3H3,(H,20,22)/t18-/m1/s1. The molecule has 0 radical (unpaired) electrons. The normalized spacial score (nSPS) is 21.2. The average Bonchev–Trinajstić information content (AvgIpc) is 3.26. The lowest BCUT2D eigenvalue weighted by atomic mass is 9.86. The summed E-state index contributed by atoms with van der Waals surface area (Å²) in [6.07, 6.45) is 2.57. The maximum Gasteiger partial charge on any atom is 0.233 e. The molecule has 3 rings (SSSR count). The largest absolute Gasteiger partial charge is 0.353 e. The highest BCUT2D eigenvalue weighted by Crippen LogP contribution is 2.39. The molecule has 1 saturated carbocycles. The van der Waals surface area contributed by atoms with Gasteiger partial charge < -0.3 is 10.2 Å².